The van der Waals surface area contributed by atoms with Crippen molar-refractivity contribution in [3.8, 4) is 0 Å². The third-order valence-corrected chi connectivity index (χ3v) is 3.03. The summed E-state index contributed by atoms with van der Waals surface area (Å²) in [5.74, 6) is 0. The summed E-state index contributed by atoms with van der Waals surface area (Å²) in [6.07, 6.45) is 17.5. The van der Waals surface area contributed by atoms with Crippen molar-refractivity contribution in [1.29, 1.82) is 0 Å². The molecule has 1 heteroatoms. The number of epoxide rings is 1. The van der Waals surface area contributed by atoms with Crippen molar-refractivity contribution >= 4 is 0 Å². The largest absolute Gasteiger partial charge is 0.373 e. The van der Waals surface area contributed by atoms with Crippen molar-refractivity contribution < 1.29 is 4.74 Å². The smallest absolute Gasteiger partial charge is 0.0810 e. The van der Waals surface area contributed by atoms with E-state index in [1.807, 2.05) is 0 Å². The van der Waals surface area contributed by atoms with Crippen LogP contribution in [0.4, 0.5) is 0 Å². The van der Waals surface area contributed by atoms with Crippen LogP contribution in [0.2, 0.25) is 0 Å². The van der Waals surface area contributed by atoms with Gasteiger partial charge in [-0.2, -0.15) is 0 Å². The molecule has 1 aliphatic rings. The first-order chi connectivity index (χ1) is 7.43. The van der Waals surface area contributed by atoms with Gasteiger partial charge < -0.3 is 4.74 Å². The Balaban J connectivity index is 1.65. The molecule has 0 N–H and O–H groups in total. The van der Waals surface area contributed by atoms with Gasteiger partial charge in [-0.1, -0.05) is 50.7 Å². The molecule has 0 aromatic carbocycles. The van der Waals surface area contributed by atoms with Gasteiger partial charge in [0, 0.05) is 0 Å². The van der Waals surface area contributed by atoms with Crippen LogP contribution < -0.4 is 0 Å². The van der Waals surface area contributed by atoms with Crippen LogP contribution in [0.3, 0.4) is 0 Å². The highest BCUT2D eigenvalue weighted by Crippen LogP contribution is 2.18. The van der Waals surface area contributed by atoms with E-state index in [1.165, 1.54) is 57.8 Å². The lowest BCUT2D eigenvalue weighted by Gasteiger charge is -2.00. The van der Waals surface area contributed by atoms with Crippen LogP contribution >= 0.6 is 0 Å². The van der Waals surface area contributed by atoms with Gasteiger partial charge in [0.2, 0.25) is 0 Å². The van der Waals surface area contributed by atoms with E-state index >= 15 is 0 Å². The molecule has 0 aromatic heterocycles. The Kier molecular flexibility index (Phi) is 7.63. The molecule has 0 bridgehead atoms. The van der Waals surface area contributed by atoms with Crippen molar-refractivity contribution in [2.75, 3.05) is 6.61 Å². The quantitative estimate of drug-likeness (QED) is 0.294. The van der Waals surface area contributed by atoms with Crippen molar-refractivity contribution in [2.45, 2.75) is 70.8 Å². The van der Waals surface area contributed by atoms with Gasteiger partial charge in [-0.15, -0.1) is 0 Å². The Morgan fingerprint density at radius 3 is 2.20 bits per heavy atom. The topological polar surface area (TPSA) is 12.5 Å². The van der Waals surface area contributed by atoms with E-state index < -0.39 is 0 Å². The standard InChI is InChI=1S/C14H26O/c1-2-3-4-5-6-7-8-9-10-11-12-14-13-15-14/h2-3,14H,4-13H2,1H3/b3-2+. The Hall–Kier alpha value is -0.300. The Morgan fingerprint density at radius 2 is 1.60 bits per heavy atom. The summed E-state index contributed by atoms with van der Waals surface area (Å²) < 4.78 is 5.18. The summed E-state index contributed by atoms with van der Waals surface area (Å²) in [5.41, 5.74) is 0. The minimum Gasteiger partial charge on any atom is -0.373 e. The average Bonchev–Trinajstić information content (AvgIpc) is 3.05. The zero-order valence-electron chi connectivity index (χ0n) is 10.2. The first-order valence-electron chi connectivity index (χ1n) is 6.66. The first-order valence-corrected chi connectivity index (χ1v) is 6.66. The van der Waals surface area contributed by atoms with Crippen LogP contribution in [0.25, 0.3) is 0 Å². The van der Waals surface area contributed by atoms with Gasteiger partial charge in [-0.3, -0.25) is 0 Å². The van der Waals surface area contributed by atoms with E-state index in [4.69, 9.17) is 4.74 Å². The molecule has 0 amide bonds. The van der Waals surface area contributed by atoms with E-state index in [9.17, 15) is 0 Å². The van der Waals surface area contributed by atoms with Gasteiger partial charge in [0.15, 0.2) is 0 Å². The fourth-order valence-electron chi connectivity index (χ4n) is 1.92. The van der Waals surface area contributed by atoms with Gasteiger partial charge in [-0.05, 0) is 26.2 Å². The molecule has 1 unspecified atom stereocenters. The zero-order chi connectivity index (χ0) is 10.8. The molecule has 1 nitrogen and oxygen atoms in total. The van der Waals surface area contributed by atoms with Gasteiger partial charge in [0.05, 0.1) is 12.7 Å². The van der Waals surface area contributed by atoms with Crippen LogP contribution in [0.1, 0.15) is 64.7 Å². The van der Waals surface area contributed by atoms with E-state index in [0.29, 0.717) is 6.10 Å². The van der Waals surface area contributed by atoms with E-state index in [1.54, 1.807) is 0 Å². The second kappa shape index (κ2) is 8.96. The SMILES string of the molecule is C/C=C/CCCCCCCCCC1CO1. The van der Waals surface area contributed by atoms with Crippen LogP contribution in [0.15, 0.2) is 12.2 Å². The number of unbranched alkanes of at least 4 members (excludes halogenated alkanes) is 7. The van der Waals surface area contributed by atoms with Gasteiger partial charge in [0.1, 0.15) is 0 Å². The molecular weight excluding hydrogens is 184 g/mol. The predicted octanol–water partition coefficient (Wildman–Crippen LogP) is 4.47. The van der Waals surface area contributed by atoms with Crippen LogP contribution in [-0.4, -0.2) is 12.7 Å². The third kappa shape index (κ3) is 8.68. The molecule has 1 saturated heterocycles. The number of hydrogen-bond acceptors (Lipinski definition) is 1. The van der Waals surface area contributed by atoms with Crippen molar-refractivity contribution in [1.82, 2.24) is 0 Å². The van der Waals surface area contributed by atoms with Crippen LogP contribution in [-0.2, 0) is 4.74 Å². The van der Waals surface area contributed by atoms with E-state index in [-0.39, 0.29) is 0 Å². The van der Waals surface area contributed by atoms with Gasteiger partial charge in [0.25, 0.3) is 0 Å². The fraction of sp³-hybridized carbons (Fsp3) is 0.857. The fourth-order valence-corrected chi connectivity index (χ4v) is 1.92. The van der Waals surface area contributed by atoms with E-state index in [2.05, 4.69) is 19.1 Å². The minimum absolute atomic E-state index is 0.644. The summed E-state index contributed by atoms with van der Waals surface area (Å²) in [7, 11) is 0. The second-order valence-electron chi connectivity index (χ2n) is 4.58. The predicted molar refractivity (Wildman–Crippen MR) is 66.1 cm³/mol. The highest BCUT2D eigenvalue weighted by atomic mass is 16.6. The van der Waals surface area contributed by atoms with Crippen molar-refractivity contribution in [3.63, 3.8) is 0 Å². The average molecular weight is 210 g/mol. The van der Waals surface area contributed by atoms with Gasteiger partial charge in [-0.25, -0.2) is 0 Å². The number of rotatable bonds is 10. The number of ether oxygens (including phenoxy) is 1. The molecule has 15 heavy (non-hydrogen) atoms. The lowest BCUT2D eigenvalue weighted by atomic mass is 10.1. The summed E-state index contributed by atoms with van der Waals surface area (Å²) in [6, 6.07) is 0. The highest BCUT2D eigenvalue weighted by Gasteiger charge is 2.20. The van der Waals surface area contributed by atoms with Crippen molar-refractivity contribution in [2.24, 2.45) is 0 Å². The van der Waals surface area contributed by atoms with Crippen LogP contribution in [0.5, 0.6) is 0 Å². The highest BCUT2D eigenvalue weighted by molar-refractivity contribution is 4.76. The minimum atomic E-state index is 0.644. The molecule has 1 rings (SSSR count). The number of hydrogen-bond donors (Lipinski definition) is 0. The molecule has 0 spiro atoms. The number of allylic oxidation sites excluding steroid dienone is 2. The maximum absolute atomic E-state index is 5.18. The Bertz CT molecular complexity index is 159. The molecular formula is C14H26O. The molecule has 1 aliphatic heterocycles. The molecule has 0 saturated carbocycles. The Morgan fingerprint density at radius 1 is 1.00 bits per heavy atom. The molecule has 1 atom stereocenters. The molecule has 0 aromatic rings. The van der Waals surface area contributed by atoms with E-state index in [0.717, 1.165) is 6.61 Å². The summed E-state index contributed by atoms with van der Waals surface area (Å²) in [4.78, 5) is 0. The normalized spacial score (nSPS) is 19.9. The zero-order valence-corrected chi connectivity index (χ0v) is 10.2. The molecule has 0 radical (unpaired) electrons. The second-order valence-corrected chi connectivity index (χ2v) is 4.58. The monoisotopic (exact) mass is 210 g/mol. The van der Waals surface area contributed by atoms with Gasteiger partial charge >= 0.3 is 0 Å². The summed E-state index contributed by atoms with van der Waals surface area (Å²) >= 11 is 0. The van der Waals surface area contributed by atoms with Crippen LogP contribution in [0, 0.1) is 0 Å². The maximum Gasteiger partial charge on any atom is 0.0810 e. The third-order valence-electron chi connectivity index (χ3n) is 3.03. The molecule has 0 aliphatic carbocycles. The van der Waals surface area contributed by atoms with Crippen molar-refractivity contribution in [3.05, 3.63) is 12.2 Å². The Labute approximate surface area is 94.9 Å². The lowest BCUT2D eigenvalue weighted by molar-refractivity contribution is 0.387. The summed E-state index contributed by atoms with van der Waals surface area (Å²) in [6.45, 7) is 3.13. The summed E-state index contributed by atoms with van der Waals surface area (Å²) in [5, 5.41) is 0. The lowest BCUT2D eigenvalue weighted by Crippen LogP contribution is -1.85. The molecule has 1 fully saturated rings. The molecule has 88 valence electrons. The molecule has 1 heterocycles. The first kappa shape index (κ1) is 12.8. The maximum atomic E-state index is 5.18.